The van der Waals surface area contributed by atoms with Gasteiger partial charge in [0.2, 0.25) is 0 Å². The number of amides is 1. The molecule has 29 heavy (non-hydrogen) atoms. The minimum absolute atomic E-state index is 0.101. The van der Waals surface area contributed by atoms with Crippen LogP contribution in [0, 0.1) is 13.8 Å². The van der Waals surface area contributed by atoms with Crippen LogP contribution in [0.3, 0.4) is 0 Å². The predicted molar refractivity (Wildman–Crippen MR) is 120 cm³/mol. The number of para-hydroxylation sites is 1. The fourth-order valence-corrected chi connectivity index (χ4v) is 3.61. The molecule has 1 N–H and O–H groups in total. The molecule has 0 fully saturated rings. The van der Waals surface area contributed by atoms with E-state index in [1.165, 1.54) is 11.3 Å². The summed E-state index contributed by atoms with van der Waals surface area (Å²) < 4.78 is 8.58. The summed E-state index contributed by atoms with van der Waals surface area (Å²) >= 11 is 3.37. The first-order valence-electron chi connectivity index (χ1n) is 9.47. The second-order valence-corrected chi connectivity index (χ2v) is 7.60. The summed E-state index contributed by atoms with van der Waals surface area (Å²) in [5.74, 6) is 0.308. The maximum Gasteiger partial charge on any atom is 0.277 e. The zero-order chi connectivity index (χ0) is 20.8. The Morgan fingerprint density at radius 1 is 1.17 bits per heavy atom. The zero-order valence-corrected chi connectivity index (χ0v) is 18.4. The van der Waals surface area contributed by atoms with E-state index in [1.54, 1.807) is 18.3 Å². The molecular weight excluding hydrogens is 430 g/mol. The van der Waals surface area contributed by atoms with Crippen LogP contribution < -0.4 is 10.2 Å². The van der Waals surface area contributed by atoms with Crippen molar-refractivity contribution in [3.63, 3.8) is 0 Å². The van der Waals surface area contributed by atoms with E-state index < -0.39 is 0 Å². The summed E-state index contributed by atoms with van der Waals surface area (Å²) in [4.78, 5) is 12.0. The van der Waals surface area contributed by atoms with Gasteiger partial charge in [0.05, 0.1) is 6.21 Å². The minimum Gasteiger partial charge on any atom is -0.484 e. The Kier molecular flexibility index (Phi) is 6.88. The number of carbonyl (C=O) groups is 1. The van der Waals surface area contributed by atoms with E-state index in [1.807, 2.05) is 18.2 Å². The van der Waals surface area contributed by atoms with Crippen molar-refractivity contribution in [2.75, 3.05) is 6.61 Å². The summed E-state index contributed by atoms with van der Waals surface area (Å²) in [5, 5.41) is 4.10. The first-order valence-corrected chi connectivity index (χ1v) is 10.3. The third-order valence-corrected chi connectivity index (χ3v) is 5.14. The lowest BCUT2D eigenvalue weighted by Gasteiger charge is -2.13. The molecule has 1 amide bonds. The lowest BCUT2D eigenvalue weighted by molar-refractivity contribution is -0.123. The van der Waals surface area contributed by atoms with Gasteiger partial charge in [-0.05, 0) is 56.2 Å². The van der Waals surface area contributed by atoms with E-state index in [4.69, 9.17) is 4.74 Å². The Morgan fingerprint density at radius 2 is 1.97 bits per heavy atom. The fourth-order valence-electron chi connectivity index (χ4n) is 3.23. The average Bonchev–Trinajstić information content (AvgIpc) is 2.99. The monoisotopic (exact) mass is 453 g/mol. The third-order valence-electron chi connectivity index (χ3n) is 4.64. The molecule has 1 aromatic heterocycles. The van der Waals surface area contributed by atoms with Crippen LogP contribution in [0.25, 0.3) is 5.69 Å². The second-order valence-electron chi connectivity index (χ2n) is 6.68. The van der Waals surface area contributed by atoms with Gasteiger partial charge in [0.1, 0.15) is 5.75 Å². The Morgan fingerprint density at radius 3 is 2.72 bits per heavy atom. The third kappa shape index (κ3) is 5.15. The van der Waals surface area contributed by atoms with Crippen molar-refractivity contribution in [3.8, 4) is 11.4 Å². The van der Waals surface area contributed by atoms with Crippen molar-refractivity contribution in [1.29, 1.82) is 0 Å². The van der Waals surface area contributed by atoms with E-state index in [0.29, 0.717) is 5.75 Å². The van der Waals surface area contributed by atoms with Crippen molar-refractivity contribution in [1.82, 2.24) is 9.99 Å². The summed E-state index contributed by atoms with van der Waals surface area (Å²) in [7, 11) is 0. The summed E-state index contributed by atoms with van der Waals surface area (Å²) in [5.41, 5.74) is 8.14. The van der Waals surface area contributed by atoms with Crippen molar-refractivity contribution >= 4 is 28.1 Å². The van der Waals surface area contributed by atoms with Crippen LogP contribution >= 0.6 is 15.9 Å². The fraction of sp³-hybridized carbons (Fsp3) is 0.217. The first kappa shape index (κ1) is 20.9. The van der Waals surface area contributed by atoms with Crippen molar-refractivity contribution in [2.45, 2.75) is 27.2 Å². The Bertz CT molecular complexity index is 1040. The van der Waals surface area contributed by atoms with Crippen LogP contribution in [0.2, 0.25) is 0 Å². The number of carbonyl (C=O) groups excluding carboxylic acids is 1. The van der Waals surface area contributed by atoms with Crippen molar-refractivity contribution < 1.29 is 9.53 Å². The Hall–Kier alpha value is -2.86. The number of benzene rings is 2. The minimum atomic E-state index is -0.314. The van der Waals surface area contributed by atoms with E-state index in [9.17, 15) is 4.79 Å². The smallest absolute Gasteiger partial charge is 0.277 e. The molecule has 0 saturated carbocycles. The Labute approximate surface area is 179 Å². The van der Waals surface area contributed by atoms with Crippen molar-refractivity contribution in [3.05, 3.63) is 81.6 Å². The number of nitrogens with zero attached hydrogens (tertiary/aromatic N) is 2. The summed E-state index contributed by atoms with van der Waals surface area (Å²) in [6, 6.07) is 17.8. The molecule has 0 bridgehead atoms. The van der Waals surface area contributed by atoms with Gasteiger partial charge in [-0.15, -0.1) is 0 Å². The van der Waals surface area contributed by atoms with Gasteiger partial charge in [-0.3, -0.25) is 4.79 Å². The lowest BCUT2D eigenvalue weighted by Crippen LogP contribution is -2.24. The molecule has 0 radical (unpaired) electrons. The lowest BCUT2D eigenvalue weighted by atomic mass is 10.1. The number of hydrogen-bond donors (Lipinski definition) is 1. The van der Waals surface area contributed by atoms with Crippen LogP contribution in [0.5, 0.6) is 5.75 Å². The quantitative estimate of drug-likeness (QED) is 0.406. The zero-order valence-electron chi connectivity index (χ0n) is 16.8. The number of aryl methyl sites for hydroxylation is 2. The highest BCUT2D eigenvalue weighted by Gasteiger charge is 2.12. The molecular formula is C23H24BrN3O2. The van der Waals surface area contributed by atoms with Gasteiger partial charge in [-0.1, -0.05) is 47.1 Å². The van der Waals surface area contributed by atoms with Crippen LogP contribution in [0.15, 0.2) is 64.2 Å². The normalized spacial score (nSPS) is 11.0. The van der Waals surface area contributed by atoms with Crippen LogP contribution in [-0.2, 0) is 11.2 Å². The van der Waals surface area contributed by atoms with Crippen LogP contribution in [0.4, 0.5) is 0 Å². The van der Waals surface area contributed by atoms with E-state index in [-0.39, 0.29) is 12.5 Å². The highest BCUT2D eigenvalue weighted by Crippen LogP contribution is 2.23. The maximum atomic E-state index is 12.0. The standard InChI is InChI=1S/C23H24BrN3O2/c1-4-18-8-5-6-11-22(18)27-16(2)12-19(17(27)3)14-25-26-23(28)15-29-21-10-7-9-20(24)13-21/h5-14H,4,15H2,1-3H3,(H,26,28)/b25-14+. The molecule has 0 aliphatic carbocycles. The molecule has 3 aromatic rings. The second kappa shape index (κ2) is 9.56. The molecule has 150 valence electrons. The molecule has 0 atom stereocenters. The number of halogens is 1. The molecule has 0 saturated heterocycles. The number of ether oxygens (including phenoxy) is 1. The number of aromatic nitrogens is 1. The van der Waals surface area contributed by atoms with Gasteiger partial charge in [-0.25, -0.2) is 5.43 Å². The van der Waals surface area contributed by atoms with Gasteiger partial charge in [0, 0.05) is 27.1 Å². The molecule has 2 aromatic carbocycles. The number of rotatable bonds is 7. The number of nitrogens with one attached hydrogen (secondary N) is 1. The molecule has 3 rings (SSSR count). The molecule has 0 unspecified atom stereocenters. The number of hydrazone groups is 1. The van der Waals surface area contributed by atoms with Crippen molar-refractivity contribution in [2.24, 2.45) is 5.10 Å². The first-order chi connectivity index (χ1) is 14.0. The average molecular weight is 454 g/mol. The van der Waals surface area contributed by atoms with Gasteiger partial charge in [0.15, 0.2) is 6.61 Å². The largest absolute Gasteiger partial charge is 0.484 e. The highest BCUT2D eigenvalue weighted by atomic mass is 79.9. The number of hydrogen-bond acceptors (Lipinski definition) is 3. The van der Waals surface area contributed by atoms with E-state index >= 15 is 0 Å². The van der Waals surface area contributed by atoms with Gasteiger partial charge in [0.25, 0.3) is 5.91 Å². The SMILES string of the molecule is CCc1ccccc1-n1c(C)cc(/C=N/NC(=O)COc2cccc(Br)c2)c1C. The Balaban J connectivity index is 1.66. The van der Waals surface area contributed by atoms with E-state index in [0.717, 1.165) is 27.8 Å². The van der Waals surface area contributed by atoms with Gasteiger partial charge >= 0.3 is 0 Å². The maximum absolute atomic E-state index is 12.0. The molecule has 0 aliphatic rings. The summed E-state index contributed by atoms with van der Waals surface area (Å²) in [6.07, 6.45) is 2.63. The molecule has 0 aliphatic heterocycles. The highest BCUT2D eigenvalue weighted by molar-refractivity contribution is 9.10. The predicted octanol–water partition coefficient (Wildman–Crippen LogP) is 4.95. The molecule has 0 spiro atoms. The molecule has 6 heteroatoms. The van der Waals surface area contributed by atoms with Gasteiger partial charge < -0.3 is 9.30 Å². The molecule has 5 nitrogen and oxygen atoms in total. The van der Waals surface area contributed by atoms with E-state index in [2.05, 4.69) is 76.1 Å². The summed E-state index contributed by atoms with van der Waals surface area (Å²) in [6.45, 7) is 6.18. The van der Waals surface area contributed by atoms with Crippen LogP contribution in [-0.4, -0.2) is 23.3 Å². The molecule has 1 heterocycles. The van der Waals surface area contributed by atoms with Crippen LogP contribution in [0.1, 0.15) is 29.4 Å². The topological polar surface area (TPSA) is 55.6 Å². The van der Waals surface area contributed by atoms with Gasteiger partial charge in [-0.2, -0.15) is 5.10 Å².